The first-order valence-corrected chi connectivity index (χ1v) is 7.35. The highest BCUT2D eigenvalue weighted by atomic mass is 79.9. The Morgan fingerprint density at radius 3 is 2.43 bits per heavy atom. The van der Waals surface area contributed by atoms with Gasteiger partial charge in [-0.25, -0.2) is 9.69 Å². The zero-order valence-electron chi connectivity index (χ0n) is 12.2. The molecule has 5 heteroatoms. The molecule has 0 saturated carbocycles. The predicted molar refractivity (Wildman–Crippen MR) is 86.8 cm³/mol. The van der Waals surface area contributed by atoms with Crippen LogP contribution in [0.1, 0.15) is 20.8 Å². The van der Waals surface area contributed by atoms with Crippen molar-refractivity contribution in [3.8, 4) is 0 Å². The summed E-state index contributed by atoms with van der Waals surface area (Å²) in [5.74, 6) is 0. The van der Waals surface area contributed by atoms with Crippen molar-refractivity contribution >= 4 is 33.4 Å². The number of halogens is 1. The zero-order chi connectivity index (χ0) is 15.5. The van der Waals surface area contributed by atoms with E-state index in [1.807, 2.05) is 51.1 Å². The lowest BCUT2D eigenvalue weighted by molar-refractivity contribution is 0.0599. The number of carbonyl (C=O) groups is 1. The number of aromatic nitrogens is 1. The topological polar surface area (TPSA) is 42.4 Å². The summed E-state index contributed by atoms with van der Waals surface area (Å²) in [5, 5.41) is 0. The van der Waals surface area contributed by atoms with Gasteiger partial charge in [0.2, 0.25) is 0 Å². The van der Waals surface area contributed by atoms with Gasteiger partial charge in [0.25, 0.3) is 0 Å². The predicted octanol–water partition coefficient (Wildman–Crippen LogP) is 4.92. The van der Waals surface area contributed by atoms with Crippen LogP contribution in [0.4, 0.5) is 16.2 Å². The van der Waals surface area contributed by atoms with Gasteiger partial charge < -0.3 is 4.74 Å². The summed E-state index contributed by atoms with van der Waals surface area (Å²) in [5.41, 5.74) is 0.855. The van der Waals surface area contributed by atoms with E-state index in [0.717, 1.165) is 10.2 Å². The summed E-state index contributed by atoms with van der Waals surface area (Å²) >= 11 is 3.43. The maximum atomic E-state index is 12.6. The molecular formula is C16H17BrN2O2. The third-order valence-corrected chi connectivity index (χ3v) is 3.19. The van der Waals surface area contributed by atoms with Crippen LogP contribution in [-0.2, 0) is 4.74 Å². The van der Waals surface area contributed by atoms with Crippen molar-refractivity contribution in [2.45, 2.75) is 26.4 Å². The first kappa shape index (κ1) is 15.5. The molecule has 1 amide bonds. The Balaban J connectivity index is 2.46. The highest BCUT2D eigenvalue weighted by Gasteiger charge is 2.26. The van der Waals surface area contributed by atoms with Crippen LogP contribution in [-0.4, -0.2) is 16.7 Å². The van der Waals surface area contributed by atoms with Gasteiger partial charge in [0, 0.05) is 12.4 Å². The minimum Gasteiger partial charge on any atom is -0.443 e. The van der Waals surface area contributed by atoms with Crippen molar-refractivity contribution in [3.63, 3.8) is 0 Å². The molecule has 2 rings (SSSR count). The van der Waals surface area contributed by atoms with E-state index in [9.17, 15) is 4.79 Å². The molecule has 0 bridgehead atoms. The molecule has 0 radical (unpaired) electrons. The van der Waals surface area contributed by atoms with Crippen molar-refractivity contribution in [3.05, 3.63) is 53.3 Å². The standard InChI is InChI=1S/C16H17BrN2O2/c1-16(2,3)21-15(20)19(12-7-5-4-6-8-12)14-9-10-18-11-13(14)17/h4-11H,1-3H3. The van der Waals surface area contributed by atoms with E-state index >= 15 is 0 Å². The lowest BCUT2D eigenvalue weighted by Gasteiger charge is -2.28. The lowest BCUT2D eigenvalue weighted by Crippen LogP contribution is -2.34. The smallest absolute Gasteiger partial charge is 0.419 e. The molecule has 0 fully saturated rings. The molecule has 0 aliphatic heterocycles. The van der Waals surface area contributed by atoms with Crippen LogP contribution in [0.3, 0.4) is 0 Å². The summed E-state index contributed by atoms with van der Waals surface area (Å²) in [6.07, 6.45) is 2.86. The summed E-state index contributed by atoms with van der Waals surface area (Å²) in [6.45, 7) is 5.53. The molecule has 0 atom stereocenters. The second-order valence-electron chi connectivity index (χ2n) is 5.48. The minimum atomic E-state index is -0.566. The Kier molecular flexibility index (Phi) is 4.63. The Morgan fingerprint density at radius 1 is 1.19 bits per heavy atom. The van der Waals surface area contributed by atoms with Crippen molar-refractivity contribution in [1.82, 2.24) is 4.98 Å². The molecule has 1 aromatic heterocycles. The third-order valence-electron chi connectivity index (χ3n) is 2.58. The van der Waals surface area contributed by atoms with Crippen LogP contribution < -0.4 is 4.90 Å². The van der Waals surface area contributed by atoms with Gasteiger partial charge in [-0.15, -0.1) is 0 Å². The van der Waals surface area contributed by atoms with Gasteiger partial charge in [0.1, 0.15) is 5.60 Å². The first-order valence-electron chi connectivity index (χ1n) is 6.56. The van der Waals surface area contributed by atoms with Crippen molar-refractivity contribution < 1.29 is 9.53 Å². The summed E-state index contributed by atoms with van der Waals surface area (Å²) < 4.78 is 6.23. The van der Waals surface area contributed by atoms with Gasteiger partial charge in [0.15, 0.2) is 0 Å². The second kappa shape index (κ2) is 6.26. The average Bonchev–Trinajstić information content (AvgIpc) is 2.40. The minimum absolute atomic E-state index is 0.430. The van der Waals surface area contributed by atoms with Crippen LogP contribution >= 0.6 is 15.9 Å². The molecule has 0 unspecified atom stereocenters. The van der Waals surface area contributed by atoms with E-state index in [1.165, 1.54) is 4.90 Å². The molecule has 110 valence electrons. The third kappa shape index (κ3) is 4.04. The number of hydrogen-bond acceptors (Lipinski definition) is 3. The van der Waals surface area contributed by atoms with E-state index in [4.69, 9.17) is 4.74 Å². The molecule has 21 heavy (non-hydrogen) atoms. The molecule has 4 nitrogen and oxygen atoms in total. The summed E-state index contributed by atoms with van der Waals surface area (Å²) in [7, 11) is 0. The van der Waals surface area contributed by atoms with Crippen LogP contribution in [0.5, 0.6) is 0 Å². The number of pyridine rings is 1. The highest BCUT2D eigenvalue weighted by Crippen LogP contribution is 2.32. The van der Waals surface area contributed by atoms with Crippen LogP contribution in [0, 0.1) is 0 Å². The fraction of sp³-hybridized carbons (Fsp3) is 0.250. The second-order valence-corrected chi connectivity index (χ2v) is 6.33. The van der Waals surface area contributed by atoms with Crippen molar-refractivity contribution in [1.29, 1.82) is 0 Å². The van der Waals surface area contributed by atoms with Gasteiger partial charge in [-0.3, -0.25) is 4.98 Å². The van der Waals surface area contributed by atoms with E-state index in [1.54, 1.807) is 18.5 Å². The van der Waals surface area contributed by atoms with Crippen molar-refractivity contribution in [2.24, 2.45) is 0 Å². The SMILES string of the molecule is CC(C)(C)OC(=O)N(c1ccccc1)c1ccncc1Br. The zero-order valence-corrected chi connectivity index (χ0v) is 13.8. The normalized spacial score (nSPS) is 11.0. The summed E-state index contributed by atoms with van der Waals surface area (Å²) in [6, 6.07) is 11.1. The molecule has 1 aromatic carbocycles. The average molecular weight is 349 g/mol. The monoisotopic (exact) mass is 348 g/mol. The Hall–Kier alpha value is -1.88. The molecular weight excluding hydrogens is 332 g/mol. The van der Waals surface area contributed by atoms with Gasteiger partial charge in [-0.2, -0.15) is 0 Å². The Bertz CT molecular complexity index is 624. The largest absolute Gasteiger partial charge is 0.443 e. The molecule has 0 aliphatic carbocycles. The Labute approximate surface area is 132 Å². The first-order chi connectivity index (χ1) is 9.88. The fourth-order valence-corrected chi connectivity index (χ4v) is 2.20. The van der Waals surface area contributed by atoms with E-state index in [0.29, 0.717) is 5.69 Å². The quantitative estimate of drug-likeness (QED) is 0.773. The number of hydrogen-bond donors (Lipinski definition) is 0. The summed E-state index contributed by atoms with van der Waals surface area (Å²) in [4.78, 5) is 18.1. The lowest BCUT2D eigenvalue weighted by atomic mass is 10.2. The Morgan fingerprint density at radius 2 is 1.86 bits per heavy atom. The number of ether oxygens (including phenoxy) is 1. The van der Waals surface area contributed by atoms with Crippen molar-refractivity contribution in [2.75, 3.05) is 4.90 Å². The highest BCUT2D eigenvalue weighted by molar-refractivity contribution is 9.10. The molecule has 1 heterocycles. The van der Waals surface area contributed by atoms with Gasteiger partial charge in [0.05, 0.1) is 15.8 Å². The molecule has 0 saturated heterocycles. The number of para-hydroxylation sites is 1. The van der Waals surface area contributed by atoms with Gasteiger partial charge in [-0.1, -0.05) is 18.2 Å². The van der Waals surface area contributed by atoms with E-state index in [2.05, 4.69) is 20.9 Å². The fourth-order valence-electron chi connectivity index (χ4n) is 1.78. The number of carbonyl (C=O) groups excluding carboxylic acids is 1. The van der Waals surface area contributed by atoms with Crippen LogP contribution in [0.2, 0.25) is 0 Å². The van der Waals surface area contributed by atoms with Crippen LogP contribution in [0.25, 0.3) is 0 Å². The van der Waals surface area contributed by atoms with Gasteiger partial charge >= 0.3 is 6.09 Å². The van der Waals surface area contributed by atoms with E-state index < -0.39 is 11.7 Å². The van der Waals surface area contributed by atoms with Gasteiger partial charge in [-0.05, 0) is 54.9 Å². The maximum absolute atomic E-state index is 12.6. The van der Waals surface area contributed by atoms with Crippen LogP contribution in [0.15, 0.2) is 53.3 Å². The molecule has 0 spiro atoms. The van der Waals surface area contributed by atoms with E-state index in [-0.39, 0.29) is 0 Å². The molecule has 2 aromatic rings. The maximum Gasteiger partial charge on any atom is 0.419 e. The number of amides is 1. The number of anilines is 2. The molecule has 0 N–H and O–H groups in total. The molecule has 0 aliphatic rings. The number of benzene rings is 1. The number of nitrogens with zero attached hydrogens (tertiary/aromatic N) is 2. The number of rotatable bonds is 2.